The molecule has 2 aromatic rings. The monoisotopic (exact) mass is 670 g/mol. The smallest absolute Gasteiger partial charge is 0.335 e. The van der Waals surface area contributed by atoms with Crippen LogP contribution < -0.4 is 0 Å². The molecule has 2 saturated carbocycles. The molecule has 4 rings (SSSR count). The van der Waals surface area contributed by atoms with Crippen molar-refractivity contribution >= 4 is 11.9 Å². The van der Waals surface area contributed by atoms with Crippen molar-refractivity contribution in [1.82, 2.24) is 0 Å². The molecule has 0 amide bonds. The number of unbranched alkanes of at least 4 members (excludes halogenated alkanes) is 2. The van der Waals surface area contributed by atoms with Crippen molar-refractivity contribution in [3.05, 3.63) is 83.0 Å². The highest BCUT2D eigenvalue weighted by atomic mass is 16.5. The van der Waals surface area contributed by atoms with E-state index in [1.54, 1.807) is 12.5 Å². The molecule has 1 atom stereocenters. The molecule has 0 spiro atoms. The Labute approximate surface area is 296 Å². The molecule has 0 aromatic heterocycles. The van der Waals surface area contributed by atoms with E-state index in [2.05, 4.69) is 70.3 Å². The van der Waals surface area contributed by atoms with Crippen molar-refractivity contribution in [1.29, 1.82) is 0 Å². The molecular weight excluding hydrogens is 608 g/mol. The Morgan fingerprint density at radius 1 is 0.878 bits per heavy atom. The molecule has 2 aliphatic carbocycles. The standard InChI is InChI=1S/C44H62O5/c1-7-9-10-11-33-12-22-41(31(5)26-33)39-21-23-42(34(8-2)27-39)38-19-17-36(18-20-38)35-13-15-37(16-14-35)40(29-49-43(46)30(3)4)24-25-48-44(47)32(6)28-45/h12,21-23,26-27,35-38,40,45H,3,6-11,13-20,24-25,28-29H2,1-2,4-5H3. The van der Waals surface area contributed by atoms with Gasteiger partial charge in [0.25, 0.3) is 0 Å². The Bertz CT molecular complexity index is 1410. The lowest BCUT2D eigenvalue weighted by molar-refractivity contribution is -0.144. The lowest BCUT2D eigenvalue weighted by Crippen LogP contribution is -2.31. The van der Waals surface area contributed by atoms with Crippen LogP contribution in [0.25, 0.3) is 11.1 Å². The number of carbonyl (C=O) groups excluding carboxylic acids is 2. The number of benzene rings is 2. The fraction of sp³-hybridized carbons (Fsp3) is 0.591. The van der Waals surface area contributed by atoms with Gasteiger partial charge in [-0.15, -0.1) is 0 Å². The molecule has 0 aliphatic heterocycles. The minimum Gasteiger partial charge on any atom is -0.462 e. The van der Waals surface area contributed by atoms with E-state index in [0.29, 0.717) is 30.4 Å². The topological polar surface area (TPSA) is 72.8 Å². The maximum atomic E-state index is 12.2. The Morgan fingerprint density at radius 3 is 2.18 bits per heavy atom. The zero-order valence-corrected chi connectivity index (χ0v) is 30.9. The average molecular weight is 671 g/mol. The van der Waals surface area contributed by atoms with Crippen molar-refractivity contribution in [2.24, 2.45) is 23.7 Å². The first-order valence-electron chi connectivity index (χ1n) is 19.2. The third-order valence-electron chi connectivity index (χ3n) is 11.5. The van der Waals surface area contributed by atoms with Crippen molar-refractivity contribution in [2.45, 2.75) is 124 Å². The second-order valence-corrected chi connectivity index (χ2v) is 15.0. The first-order chi connectivity index (χ1) is 23.6. The molecule has 5 nitrogen and oxygen atoms in total. The van der Waals surface area contributed by atoms with Gasteiger partial charge < -0.3 is 14.6 Å². The molecule has 5 heteroatoms. The third-order valence-corrected chi connectivity index (χ3v) is 11.5. The summed E-state index contributed by atoms with van der Waals surface area (Å²) >= 11 is 0. The van der Waals surface area contributed by atoms with Crippen molar-refractivity contribution in [2.75, 3.05) is 19.8 Å². The molecule has 268 valence electrons. The number of hydrogen-bond donors (Lipinski definition) is 1. The van der Waals surface area contributed by atoms with Crippen molar-refractivity contribution in [3.8, 4) is 11.1 Å². The van der Waals surface area contributed by atoms with Gasteiger partial charge in [-0.1, -0.05) is 76.2 Å². The molecule has 0 saturated heterocycles. The minimum absolute atomic E-state index is 0.0529. The summed E-state index contributed by atoms with van der Waals surface area (Å²) in [6, 6.07) is 14.3. The van der Waals surface area contributed by atoms with Crippen LogP contribution in [0.5, 0.6) is 0 Å². The van der Waals surface area contributed by atoms with Gasteiger partial charge in [-0.25, -0.2) is 9.59 Å². The average Bonchev–Trinajstić information content (AvgIpc) is 3.12. The molecule has 1 unspecified atom stereocenters. The van der Waals surface area contributed by atoms with E-state index in [1.807, 2.05) is 0 Å². The maximum absolute atomic E-state index is 12.2. The van der Waals surface area contributed by atoms with Gasteiger partial charge in [-0.2, -0.15) is 0 Å². The van der Waals surface area contributed by atoms with Gasteiger partial charge in [0.15, 0.2) is 0 Å². The third kappa shape index (κ3) is 10.9. The van der Waals surface area contributed by atoms with Gasteiger partial charge in [-0.3, -0.25) is 0 Å². The van der Waals surface area contributed by atoms with Gasteiger partial charge in [0.2, 0.25) is 0 Å². The van der Waals surface area contributed by atoms with Crippen LogP contribution >= 0.6 is 0 Å². The molecule has 0 heterocycles. The summed E-state index contributed by atoms with van der Waals surface area (Å²) in [5.41, 5.74) is 9.08. The highest BCUT2D eigenvalue weighted by molar-refractivity contribution is 5.88. The highest BCUT2D eigenvalue weighted by Crippen LogP contribution is 2.46. The van der Waals surface area contributed by atoms with Crippen LogP contribution in [-0.2, 0) is 31.9 Å². The van der Waals surface area contributed by atoms with Crippen LogP contribution in [0.4, 0.5) is 0 Å². The number of hydrogen-bond acceptors (Lipinski definition) is 5. The van der Waals surface area contributed by atoms with E-state index >= 15 is 0 Å². The fourth-order valence-electron chi connectivity index (χ4n) is 8.48. The second kappa shape index (κ2) is 19.3. The lowest BCUT2D eigenvalue weighted by Gasteiger charge is -2.40. The van der Waals surface area contributed by atoms with Crippen LogP contribution in [0.1, 0.15) is 126 Å². The summed E-state index contributed by atoms with van der Waals surface area (Å²) < 4.78 is 10.9. The van der Waals surface area contributed by atoms with Gasteiger partial charge in [-0.05, 0) is 154 Å². The Hall–Kier alpha value is -3.18. The lowest BCUT2D eigenvalue weighted by atomic mass is 9.66. The number of ether oxygens (including phenoxy) is 2. The summed E-state index contributed by atoms with van der Waals surface area (Å²) in [5.74, 6) is 1.79. The predicted octanol–water partition coefficient (Wildman–Crippen LogP) is 10.3. The van der Waals surface area contributed by atoms with E-state index in [4.69, 9.17) is 14.6 Å². The van der Waals surface area contributed by atoms with Crippen molar-refractivity contribution < 1.29 is 24.2 Å². The molecule has 2 fully saturated rings. The zero-order valence-electron chi connectivity index (χ0n) is 30.9. The predicted molar refractivity (Wildman–Crippen MR) is 200 cm³/mol. The van der Waals surface area contributed by atoms with E-state index in [0.717, 1.165) is 31.1 Å². The van der Waals surface area contributed by atoms with Crippen LogP contribution in [0.2, 0.25) is 0 Å². The van der Waals surface area contributed by atoms with Gasteiger partial charge >= 0.3 is 11.9 Å². The van der Waals surface area contributed by atoms with Gasteiger partial charge in [0.1, 0.15) is 0 Å². The van der Waals surface area contributed by atoms with E-state index < -0.39 is 12.6 Å². The van der Waals surface area contributed by atoms with Crippen molar-refractivity contribution in [3.63, 3.8) is 0 Å². The normalized spacial score (nSPS) is 21.5. The first-order valence-corrected chi connectivity index (χ1v) is 19.2. The molecular formula is C44H62O5. The number of aliphatic hydroxyl groups excluding tert-OH is 1. The van der Waals surface area contributed by atoms with Gasteiger partial charge in [0.05, 0.1) is 25.4 Å². The molecule has 49 heavy (non-hydrogen) atoms. The molecule has 2 aliphatic rings. The molecule has 1 N–H and O–H groups in total. The minimum atomic E-state index is -0.570. The molecule has 0 bridgehead atoms. The first kappa shape index (κ1) is 38.6. The zero-order chi connectivity index (χ0) is 35.3. The largest absolute Gasteiger partial charge is 0.462 e. The Kier molecular flexibility index (Phi) is 15.2. The maximum Gasteiger partial charge on any atom is 0.335 e. The van der Waals surface area contributed by atoms with Crippen LogP contribution in [0.15, 0.2) is 60.7 Å². The number of aliphatic hydroxyl groups is 1. The summed E-state index contributed by atoms with van der Waals surface area (Å²) in [7, 11) is 0. The molecule has 2 aromatic carbocycles. The Balaban J connectivity index is 1.31. The van der Waals surface area contributed by atoms with Gasteiger partial charge in [0, 0.05) is 5.57 Å². The molecule has 0 radical (unpaired) electrons. The van der Waals surface area contributed by atoms with Crippen LogP contribution in [-0.4, -0.2) is 36.9 Å². The number of rotatable bonds is 17. The summed E-state index contributed by atoms with van der Waals surface area (Å²) in [4.78, 5) is 24.2. The van der Waals surface area contributed by atoms with E-state index in [-0.39, 0.29) is 24.1 Å². The van der Waals surface area contributed by atoms with Crippen LogP contribution in [0, 0.1) is 30.6 Å². The SMILES string of the molecule is C=C(C)C(=O)OCC(CCOC(=O)C(=C)CO)C1CCC(C2CCC(c3ccc(-c4ccc(CCCCC)cc4C)cc3CC)CC2)CC1. The number of aryl methyl sites for hydroxylation is 3. The summed E-state index contributed by atoms with van der Waals surface area (Å²) in [6.07, 6.45) is 16.5. The Morgan fingerprint density at radius 2 is 1.57 bits per heavy atom. The number of carbonyl (C=O) groups is 2. The second-order valence-electron chi connectivity index (χ2n) is 15.0. The number of esters is 2. The van der Waals surface area contributed by atoms with Crippen LogP contribution in [0.3, 0.4) is 0 Å². The highest BCUT2D eigenvalue weighted by Gasteiger charge is 2.34. The van der Waals surface area contributed by atoms with E-state index in [9.17, 15) is 9.59 Å². The summed E-state index contributed by atoms with van der Waals surface area (Å²) in [6.45, 7) is 15.9. The fourth-order valence-corrected chi connectivity index (χ4v) is 8.48. The van der Waals surface area contributed by atoms with E-state index in [1.165, 1.54) is 92.0 Å². The summed E-state index contributed by atoms with van der Waals surface area (Å²) in [5, 5.41) is 9.17. The quantitative estimate of drug-likeness (QED) is 0.103.